The van der Waals surface area contributed by atoms with E-state index in [9.17, 15) is 20.0 Å². The molecule has 0 aliphatic carbocycles. The molecule has 1 N–H and O–H groups in total. The van der Waals surface area contributed by atoms with Crippen LogP contribution in [0.2, 0.25) is 0 Å². The molecular weight excluding hydrogens is 292 g/mol. The zero-order chi connectivity index (χ0) is 16.3. The molecule has 0 radical (unpaired) electrons. The maximum Gasteiger partial charge on any atom is 0.323 e. The summed E-state index contributed by atoms with van der Waals surface area (Å²) < 4.78 is 10.2. The van der Waals surface area contributed by atoms with Gasteiger partial charge in [0.2, 0.25) is 0 Å². The fourth-order valence-electron chi connectivity index (χ4n) is 2.74. The molecule has 1 aromatic rings. The lowest BCUT2D eigenvalue weighted by Crippen LogP contribution is -2.43. The summed E-state index contributed by atoms with van der Waals surface area (Å²) in [6, 6.07) is 3.91. The molecule has 2 rings (SSSR count). The number of aliphatic hydroxyl groups excluding tert-OH is 1. The first kappa shape index (κ1) is 16.2. The molecule has 8 nitrogen and oxygen atoms in total. The van der Waals surface area contributed by atoms with Gasteiger partial charge in [0.05, 0.1) is 24.7 Å². The van der Waals surface area contributed by atoms with Gasteiger partial charge in [-0.05, 0) is 25.0 Å². The van der Waals surface area contributed by atoms with Crippen LogP contribution < -0.4 is 4.74 Å². The van der Waals surface area contributed by atoms with Crippen molar-refractivity contribution < 1.29 is 24.3 Å². The summed E-state index contributed by atoms with van der Waals surface area (Å²) in [6.07, 6.45) is 0.652. The second-order valence-corrected chi connectivity index (χ2v) is 4.93. The van der Waals surface area contributed by atoms with Gasteiger partial charge in [0.15, 0.2) is 5.75 Å². The van der Waals surface area contributed by atoms with Crippen molar-refractivity contribution in [3.05, 3.63) is 33.9 Å². The third kappa shape index (κ3) is 2.75. The van der Waals surface area contributed by atoms with E-state index in [1.807, 2.05) is 0 Å². The first-order valence-corrected chi connectivity index (χ1v) is 6.82. The van der Waals surface area contributed by atoms with Crippen LogP contribution in [0.25, 0.3) is 0 Å². The number of rotatable bonds is 5. The van der Waals surface area contributed by atoms with E-state index in [-0.39, 0.29) is 23.6 Å². The van der Waals surface area contributed by atoms with Gasteiger partial charge in [-0.25, -0.2) is 0 Å². The zero-order valence-corrected chi connectivity index (χ0v) is 12.4. The molecule has 1 heterocycles. The molecule has 0 bridgehead atoms. The summed E-state index contributed by atoms with van der Waals surface area (Å²) in [4.78, 5) is 24.8. The molecule has 1 aliphatic heterocycles. The number of para-hydroxylation sites is 1. The maximum absolute atomic E-state index is 12.8. The maximum atomic E-state index is 12.8. The standard InChI is InChI=1S/C14H18N2O6/c1-21-11-5-3-4-10(13(11)16(19)20)14(18)15-9(8-17)6-7-12(15)22-2/h3-5,9,12,17H,6-8H2,1-2H3/t9-,12?/m0/s1. The summed E-state index contributed by atoms with van der Waals surface area (Å²) >= 11 is 0. The van der Waals surface area contributed by atoms with E-state index in [4.69, 9.17) is 9.47 Å². The molecule has 2 atom stereocenters. The van der Waals surface area contributed by atoms with Crippen LogP contribution in [0.4, 0.5) is 5.69 Å². The lowest BCUT2D eigenvalue weighted by molar-refractivity contribution is -0.386. The Morgan fingerprint density at radius 3 is 2.73 bits per heavy atom. The van der Waals surface area contributed by atoms with E-state index in [1.54, 1.807) is 0 Å². The van der Waals surface area contributed by atoms with Gasteiger partial charge in [-0.15, -0.1) is 0 Å². The van der Waals surface area contributed by atoms with Crippen LogP contribution in [0.5, 0.6) is 5.75 Å². The molecule has 120 valence electrons. The van der Waals surface area contributed by atoms with Gasteiger partial charge < -0.3 is 19.5 Å². The van der Waals surface area contributed by atoms with Crippen molar-refractivity contribution in [3.63, 3.8) is 0 Å². The minimum atomic E-state index is -0.641. The molecule has 1 fully saturated rings. The number of aliphatic hydroxyl groups is 1. The molecule has 1 aromatic carbocycles. The number of nitrogens with zero attached hydrogens (tertiary/aromatic N) is 2. The number of carbonyl (C=O) groups is 1. The molecule has 0 saturated carbocycles. The normalized spacial score (nSPS) is 21.0. The molecule has 1 amide bonds. The van der Waals surface area contributed by atoms with Gasteiger partial charge in [0.25, 0.3) is 5.91 Å². The molecule has 1 saturated heterocycles. The van der Waals surface area contributed by atoms with Crippen molar-refractivity contribution >= 4 is 11.6 Å². The number of amides is 1. The van der Waals surface area contributed by atoms with Crippen LogP contribution in [-0.2, 0) is 4.74 Å². The lowest BCUT2D eigenvalue weighted by Gasteiger charge is -2.28. The van der Waals surface area contributed by atoms with Gasteiger partial charge in [-0.3, -0.25) is 14.9 Å². The summed E-state index contributed by atoms with van der Waals surface area (Å²) in [6.45, 7) is -0.219. The van der Waals surface area contributed by atoms with Crippen molar-refractivity contribution in [2.75, 3.05) is 20.8 Å². The second-order valence-electron chi connectivity index (χ2n) is 4.93. The summed E-state index contributed by atoms with van der Waals surface area (Å²) in [7, 11) is 2.77. The third-order valence-corrected chi connectivity index (χ3v) is 3.80. The molecule has 1 unspecified atom stereocenters. The van der Waals surface area contributed by atoms with Crippen LogP contribution in [0.3, 0.4) is 0 Å². The summed E-state index contributed by atoms with van der Waals surface area (Å²) in [5.74, 6) is -0.529. The van der Waals surface area contributed by atoms with E-state index in [2.05, 4.69) is 0 Å². The minimum Gasteiger partial charge on any atom is -0.490 e. The number of likely N-dealkylation sites (tertiary alicyclic amines) is 1. The SMILES string of the molecule is COc1cccc(C(=O)N2C(OC)CC[C@H]2CO)c1[N+](=O)[O-]. The highest BCUT2D eigenvalue weighted by Gasteiger charge is 2.39. The lowest BCUT2D eigenvalue weighted by atomic mass is 10.1. The molecule has 22 heavy (non-hydrogen) atoms. The van der Waals surface area contributed by atoms with Gasteiger partial charge in [-0.2, -0.15) is 0 Å². The Balaban J connectivity index is 2.46. The fourth-order valence-corrected chi connectivity index (χ4v) is 2.74. The molecule has 1 aliphatic rings. The number of nitro groups is 1. The zero-order valence-electron chi connectivity index (χ0n) is 12.4. The van der Waals surface area contributed by atoms with Gasteiger partial charge in [0, 0.05) is 7.11 Å². The number of nitro benzene ring substituents is 1. The number of benzene rings is 1. The van der Waals surface area contributed by atoms with E-state index in [0.29, 0.717) is 12.8 Å². The third-order valence-electron chi connectivity index (χ3n) is 3.80. The van der Waals surface area contributed by atoms with E-state index >= 15 is 0 Å². The molecule has 0 aromatic heterocycles. The Labute approximate surface area is 127 Å². The number of carbonyl (C=O) groups excluding carboxylic acids is 1. The minimum absolute atomic E-state index is 0.0181. The van der Waals surface area contributed by atoms with Gasteiger partial charge >= 0.3 is 5.69 Å². The molecule has 8 heteroatoms. The van der Waals surface area contributed by atoms with E-state index in [0.717, 1.165) is 0 Å². The fraction of sp³-hybridized carbons (Fsp3) is 0.500. The van der Waals surface area contributed by atoms with E-state index in [1.165, 1.54) is 37.3 Å². The predicted octanol–water partition coefficient (Wildman–Crippen LogP) is 1.17. The van der Waals surface area contributed by atoms with Crippen LogP contribution in [-0.4, -0.2) is 53.9 Å². The smallest absolute Gasteiger partial charge is 0.323 e. The number of hydrogen-bond acceptors (Lipinski definition) is 6. The van der Waals surface area contributed by atoms with Crippen molar-refractivity contribution in [2.45, 2.75) is 25.1 Å². The number of methoxy groups -OCH3 is 2. The number of ether oxygens (including phenoxy) is 2. The molecular formula is C14H18N2O6. The average Bonchev–Trinajstić information content (AvgIpc) is 2.96. The first-order valence-electron chi connectivity index (χ1n) is 6.82. The Kier molecular flexibility index (Phi) is 4.94. The van der Waals surface area contributed by atoms with Crippen LogP contribution >= 0.6 is 0 Å². The van der Waals surface area contributed by atoms with Gasteiger partial charge in [0.1, 0.15) is 11.8 Å². The Bertz CT molecular complexity index is 564. The average molecular weight is 310 g/mol. The Hall–Kier alpha value is -2.19. The number of hydrogen-bond donors (Lipinski definition) is 1. The Morgan fingerprint density at radius 2 is 2.18 bits per heavy atom. The Morgan fingerprint density at radius 1 is 1.45 bits per heavy atom. The van der Waals surface area contributed by atoms with Crippen molar-refractivity contribution in [1.29, 1.82) is 0 Å². The second kappa shape index (κ2) is 6.71. The van der Waals surface area contributed by atoms with Crippen molar-refractivity contribution in [2.24, 2.45) is 0 Å². The van der Waals surface area contributed by atoms with Crippen LogP contribution in [0.15, 0.2) is 18.2 Å². The highest BCUT2D eigenvalue weighted by molar-refractivity contribution is 5.99. The van der Waals surface area contributed by atoms with Crippen LogP contribution in [0, 0.1) is 10.1 Å². The van der Waals surface area contributed by atoms with Crippen molar-refractivity contribution in [1.82, 2.24) is 4.90 Å². The van der Waals surface area contributed by atoms with Crippen LogP contribution in [0.1, 0.15) is 23.2 Å². The molecule has 0 spiro atoms. The van der Waals surface area contributed by atoms with Crippen molar-refractivity contribution in [3.8, 4) is 5.75 Å². The monoisotopic (exact) mass is 310 g/mol. The van der Waals surface area contributed by atoms with E-state index < -0.39 is 23.1 Å². The summed E-state index contributed by atoms with van der Waals surface area (Å²) in [5.41, 5.74) is -0.458. The first-order chi connectivity index (χ1) is 10.5. The van der Waals surface area contributed by atoms with Gasteiger partial charge in [-0.1, -0.05) is 6.07 Å². The summed E-state index contributed by atoms with van der Waals surface area (Å²) in [5, 5.41) is 20.7. The quantitative estimate of drug-likeness (QED) is 0.647. The predicted molar refractivity (Wildman–Crippen MR) is 76.7 cm³/mol. The topological polar surface area (TPSA) is 102 Å². The highest BCUT2D eigenvalue weighted by Crippen LogP contribution is 2.34. The highest BCUT2D eigenvalue weighted by atomic mass is 16.6. The largest absolute Gasteiger partial charge is 0.490 e.